The number of carbonyl (C=O) groups excluding carboxylic acids is 1. The van der Waals surface area contributed by atoms with Gasteiger partial charge in [0.1, 0.15) is 5.82 Å². The zero-order valence-corrected chi connectivity index (χ0v) is 12.8. The summed E-state index contributed by atoms with van der Waals surface area (Å²) in [5.74, 6) is 0.857. The average Bonchev–Trinajstić information content (AvgIpc) is 2.79. The molecule has 0 aliphatic heterocycles. The van der Waals surface area contributed by atoms with E-state index in [9.17, 15) is 4.79 Å². The number of hydrogen-bond donors (Lipinski definition) is 2. The van der Waals surface area contributed by atoms with Crippen molar-refractivity contribution in [2.45, 2.75) is 34.1 Å². The van der Waals surface area contributed by atoms with Gasteiger partial charge < -0.3 is 9.84 Å². The van der Waals surface area contributed by atoms with Gasteiger partial charge in [-0.15, -0.1) is 0 Å². The fraction of sp³-hybridized carbons (Fsp3) is 0.400. The van der Waals surface area contributed by atoms with Gasteiger partial charge in [-0.05, 0) is 39.3 Å². The quantitative estimate of drug-likeness (QED) is 0.884. The Labute approximate surface area is 123 Å². The maximum absolute atomic E-state index is 12.3. The topological polar surface area (TPSA) is 80.0 Å². The molecule has 2 aromatic rings. The minimum Gasteiger partial charge on any atom is -0.370 e. The number of hydrogen-bond acceptors (Lipinski definition) is 5. The van der Waals surface area contributed by atoms with Crippen LogP contribution >= 0.6 is 0 Å². The van der Waals surface area contributed by atoms with E-state index in [0.29, 0.717) is 17.3 Å². The Morgan fingerprint density at radius 1 is 1.29 bits per heavy atom. The fourth-order valence-corrected chi connectivity index (χ4v) is 1.88. The first-order chi connectivity index (χ1) is 10.0. The van der Waals surface area contributed by atoms with Gasteiger partial charge in [0, 0.05) is 23.4 Å². The second-order valence-corrected chi connectivity index (χ2v) is 4.79. The van der Waals surface area contributed by atoms with E-state index in [2.05, 4.69) is 20.8 Å². The fourth-order valence-electron chi connectivity index (χ4n) is 1.88. The molecule has 0 spiro atoms. The standard InChI is InChI=1S/C15H20N4O2/c1-5-12-7-11(8-13(17-12)16-6-2)14(20)18-15-9(3)10(4)19-21-15/h7-8H,5-6H2,1-4H3,(H,16,17)(H,18,20). The van der Waals surface area contributed by atoms with Gasteiger partial charge in [-0.2, -0.15) is 0 Å². The molecule has 0 atom stereocenters. The van der Waals surface area contributed by atoms with Crippen molar-refractivity contribution < 1.29 is 9.32 Å². The van der Waals surface area contributed by atoms with Crippen LogP contribution in [-0.2, 0) is 6.42 Å². The number of pyridine rings is 1. The summed E-state index contributed by atoms with van der Waals surface area (Å²) < 4.78 is 5.11. The van der Waals surface area contributed by atoms with Crippen LogP contribution in [0, 0.1) is 13.8 Å². The Hall–Kier alpha value is -2.37. The van der Waals surface area contributed by atoms with Crippen LogP contribution in [0.2, 0.25) is 0 Å². The van der Waals surface area contributed by atoms with E-state index < -0.39 is 0 Å². The molecule has 2 aromatic heterocycles. The molecule has 0 unspecified atom stereocenters. The molecule has 0 fully saturated rings. The van der Waals surface area contributed by atoms with Gasteiger partial charge in [-0.25, -0.2) is 4.98 Å². The zero-order chi connectivity index (χ0) is 15.4. The van der Waals surface area contributed by atoms with E-state index >= 15 is 0 Å². The summed E-state index contributed by atoms with van der Waals surface area (Å²) in [5.41, 5.74) is 3.01. The zero-order valence-electron chi connectivity index (χ0n) is 12.8. The van der Waals surface area contributed by atoms with Crippen molar-refractivity contribution in [1.82, 2.24) is 10.1 Å². The second kappa shape index (κ2) is 6.39. The number of aryl methyl sites for hydroxylation is 2. The molecule has 0 radical (unpaired) electrons. The number of carbonyl (C=O) groups is 1. The van der Waals surface area contributed by atoms with Crippen molar-refractivity contribution in [3.8, 4) is 0 Å². The highest BCUT2D eigenvalue weighted by molar-refractivity contribution is 6.04. The molecular formula is C15H20N4O2. The highest BCUT2D eigenvalue weighted by atomic mass is 16.5. The Bertz CT molecular complexity index is 649. The predicted octanol–water partition coefficient (Wildman–Crippen LogP) is 2.93. The van der Waals surface area contributed by atoms with Gasteiger partial charge in [0.15, 0.2) is 0 Å². The largest absolute Gasteiger partial charge is 0.370 e. The lowest BCUT2D eigenvalue weighted by Gasteiger charge is -2.08. The molecule has 0 saturated heterocycles. The van der Waals surface area contributed by atoms with Crippen molar-refractivity contribution >= 4 is 17.6 Å². The van der Waals surface area contributed by atoms with Gasteiger partial charge in [-0.3, -0.25) is 10.1 Å². The van der Waals surface area contributed by atoms with E-state index in [4.69, 9.17) is 4.52 Å². The van der Waals surface area contributed by atoms with Gasteiger partial charge in [-0.1, -0.05) is 12.1 Å². The van der Waals surface area contributed by atoms with Crippen LogP contribution in [0.3, 0.4) is 0 Å². The van der Waals surface area contributed by atoms with Crippen LogP contribution in [0.25, 0.3) is 0 Å². The van der Waals surface area contributed by atoms with Crippen LogP contribution in [-0.4, -0.2) is 22.6 Å². The van der Waals surface area contributed by atoms with Crippen LogP contribution in [0.1, 0.15) is 41.2 Å². The third-order valence-corrected chi connectivity index (χ3v) is 3.24. The molecule has 2 rings (SSSR count). The number of nitrogens with one attached hydrogen (secondary N) is 2. The summed E-state index contributed by atoms with van der Waals surface area (Å²) >= 11 is 0. The van der Waals surface area contributed by atoms with E-state index in [1.54, 1.807) is 12.1 Å². The molecule has 6 heteroatoms. The summed E-state index contributed by atoms with van der Waals surface area (Å²) in [5, 5.41) is 9.70. The molecular weight excluding hydrogens is 268 g/mol. The lowest BCUT2D eigenvalue weighted by molar-refractivity contribution is 0.102. The van der Waals surface area contributed by atoms with Crippen LogP contribution in [0.4, 0.5) is 11.7 Å². The highest BCUT2D eigenvalue weighted by Gasteiger charge is 2.14. The molecule has 0 aromatic carbocycles. The van der Waals surface area contributed by atoms with E-state index in [-0.39, 0.29) is 5.91 Å². The van der Waals surface area contributed by atoms with Crippen molar-refractivity contribution in [2.24, 2.45) is 0 Å². The molecule has 6 nitrogen and oxygen atoms in total. The summed E-state index contributed by atoms with van der Waals surface area (Å²) in [4.78, 5) is 16.8. The Morgan fingerprint density at radius 2 is 2.05 bits per heavy atom. The summed E-state index contributed by atoms with van der Waals surface area (Å²) in [6.45, 7) is 8.43. The molecule has 112 valence electrons. The van der Waals surface area contributed by atoms with Crippen molar-refractivity contribution in [3.63, 3.8) is 0 Å². The first kappa shape index (κ1) is 15.0. The lowest BCUT2D eigenvalue weighted by Crippen LogP contribution is -2.14. The van der Waals surface area contributed by atoms with Gasteiger partial charge in [0.2, 0.25) is 5.88 Å². The lowest BCUT2D eigenvalue weighted by atomic mass is 10.1. The molecule has 0 bridgehead atoms. The van der Waals surface area contributed by atoms with Crippen molar-refractivity contribution in [2.75, 3.05) is 17.2 Å². The van der Waals surface area contributed by atoms with Crippen molar-refractivity contribution in [1.29, 1.82) is 0 Å². The van der Waals surface area contributed by atoms with Crippen LogP contribution in [0.15, 0.2) is 16.7 Å². The highest BCUT2D eigenvalue weighted by Crippen LogP contribution is 2.19. The molecule has 0 saturated carbocycles. The minimum absolute atomic E-state index is 0.231. The summed E-state index contributed by atoms with van der Waals surface area (Å²) in [7, 11) is 0. The maximum atomic E-state index is 12.3. The van der Waals surface area contributed by atoms with Crippen LogP contribution in [0.5, 0.6) is 0 Å². The monoisotopic (exact) mass is 288 g/mol. The number of aromatic nitrogens is 2. The summed E-state index contributed by atoms with van der Waals surface area (Å²) in [6, 6.07) is 3.52. The van der Waals surface area contributed by atoms with Gasteiger partial charge in [0.25, 0.3) is 5.91 Å². The average molecular weight is 288 g/mol. The normalized spacial score (nSPS) is 10.5. The molecule has 0 aliphatic rings. The SMILES string of the molecule is CCNc1cc(C(=O)Nc2onc(C)c2C)cc(CC)n1. The second-order valence-electron chi connectivity index (χ2n) is 4.79. The maximum Gasteiger partial charge on any atom is 0.258 e. The molecule has 2 heterocycles. The van der Waals surface area contributed by atoms with E-state index in [0.717, 1.165) is 29.9 Å². The van der Waals surface area contributed by atoms with Crippen LogP contribution < -0.4 is 10.6 Å². The van der Waals surface area contributed by atoms with Gasteiger partial charge in [0.05, 0.1) is 5.69 Å². The van der Waals surface area contributed by atoms with E-state index in [1.165, 1.54) is 0 Å². The molecule has 0 aliphatic carbocycles. The molecule has 1 amide bonds. The Morgan fingerprint density at radius 3 is 2.62 bits per heavy atom. The Kier molecular flexibility index (Phi) is 4.57. The molecule has 2 N–H and O–H groups in total. The minimum atomic E-state index is -0.231. The molecule has 21 heavy (non-hydrogen) atoms. The third kappa shape index (κ3) is 3.39. The Balaban J connectivity index is 2.25. The smallest absolute Gasteiger partial charge is 0.258 e. The number of anilines is 2. The number of nitrogens with zero attached hydrogens (tertiary/aromatic N) is 2. The first-order valence-corrected chi connectivity index (χ1v) is 7.04. The summed E-state index contributed by atoms with van der Waals surface area (Å²) in [6.07, 6.45) is 0.764. The van der Waals surface area contributed by atoms with E-state index in [1.807, 2.05) is 27.7 Å². The van der Waals surface area contributed by atoms with Crippen molar-refractivity contribution in [3.05, 3.63) is 34.6 Å². The number of amides is 1. The first-order valence-electron chi connectivity index (χ1n) is 7.04. The number of rotatable bonds is 5. The van der Waals surface area contributed by atoms with Gasteiger partial charge >= 0.3 is 0 Å². The third-order valence-electron chi connectivity index (χ3n) is 3.24. The predicted molar refractivity (Wildman–Crippen MR) is 81.7 cm³/mol.